The van der Waals surface area contributed by atoms with Gasteiger partial charge >= 0.3 is 11.9 Å². The first-order valence-electron chi connectivity index (χ1n) is 12.1. The molecule has 198 valence electrons. The summed E-state index contributed by atoms with van der Waals surface area (Å²) in [5.74, 6) is -3.13. The van der Waals surface area contributed by atoms with Gasteiger partial charge in [0.1, 0.15) is 18.3 Å². The molecule has 0 saturated carbocycles. The molecule has 3 N–H and O–H groups in total. The summed E-state index contributed by atoms with van der Waals surface area (Å²) >= 11 is 0. The summed E-state index contributed by atoms with van der Waals surface area (Å²) < 4.78 is 22.9. The molecule has 3 atom stereocenters. The third-order valence-electron chi connectivity index (χ3n) is 6.41. The van der Waals surface area contributed by atoms with Gasteiger partial charge in [-0.2, -0.15) is 0 Å². The number of para-hydroxylation sites is 1. The van der Waals surface area contributed by atoms with Crippen LogP contribution in [-0.4, -0.2) is 73.5 Å². The van der Waals surface area contributed by atoms with Crippen LogP contribution in [-0.2, 0) is 33.3 Å². The van der Waals surface area contributed by atoms with Crippen LogP contribution in [0.5, 0.6) is 5.75 Å². The van der Waals surface area contributed by atoms with Crippen molar-refractivity contribution in [1.29, 1.82) is 0 Å². The van der Waals surface area contributed by atoms with Crippen LogP contribution in [0.15, 0.2) is 18.2 Å². The minimum Gasteiger partial charge on any atom is -0.505 e. The maximum Gasteiger partial charge on any atom is 0.312 e. The Hall–Kier alpha value is -3.18. The van der Waals surface area contributed by atoms with Crippen molar-refractivity contribution in [1.82, 2.24) is 5.32 Å². The number of nitrogens with one attached hydrogen (secondary N) is 2. The average molecular weight is 507 g/mol. The highest BCUT2D eigenvalue weighted by atomic mass is 16.6. The van der Waals surface area contributed by atoms with Gasteiger partial charge in [0.25, 0.3) is 5.91 Å². The fourth-order valence-corrected chi connectivity index (χ4v) is 4.07. The van der Waals surface area contributed by atoms with Gasteiger partial charge in [-0.25, -0.2) is 0 Å². The Morgan fingerprint density at radius 1 is 1.28 bits per heavy atom. The zero-order valence-corrected chi connectivity index (χ0v) is 20.8. The molecule has 0 radical (unpaired) electrons. The molecule has 2 heterocycles. The van der Waals surface area contributed by atoms with E-state index in [-0.39, 0.29) is 43.6 Å². The highest BCUT2D eigenvalue weighted by Gasteiger charge is 2.51. The molecule has 36 heavy (non-hydrogen) atoms. The van der Waals surface area contributed by atoms with E-state index in [1.165, 1.54) is 18.2 Å². The van der Waals surface area contributed by atoms with Crippen LogP contribution in [0.2, 0.25) is 0 Å². The van der Waals surface area contributed by atoms with Crippen molar-refractivity contribution in [2.75, 3.05) is 31.7 Å². The van der Waals surface area contributed by atoms with Gasteiger partial charge in [-0.15, -0.1) is 0 Å². The number of hydrogen-bond acceptors (Lipinski definition) is 9. The number of cyclic esters (lactones) is 1. The zero-order chi connectivity index (χ0) is 26.3. The van der Waals surface area contributed by atoms with E-state index >= 15 is 0 Å². The van der Waals surface area contributed by atoms with E-state index in [2.05, 4.69) is 10.6 Å². The molecule has 1 aromatic rings. The number of ether oxygens (including phenoxy) is 4. The minimum absolute atomic E-state index is 0.0678. The standard InChI is InChI=1S/C25H34N2O9/c1-4-5-7-16-19(36-23(31)15(2)3)10-35-25(12-33-13-25)20(11-34-24(16)32)27-22(30)17-8-6-9-18(21(17)29)26-14-28/h6,8-9,14-16,19-20,29H,4-5,7,10-13H2,1-3H3,(H,26,28)(H,27,30). The predicted molar refractivity (Wildman–Crippen MR) is 127 cm³/mol. The molecule has 11 nitrogen and oxygen atoms in total. The number of hydrogen-bond donors (Lipinski definition) is 3. The number of esters is 2. The van der Waals surface area contributed by atoms with Crippen LogP contribution in [0.3, 0.4) is 0 Å². The van der Waals surface area contributed by atoms with Gasteiger partial charge in [-0.3, -0.25) is 19.2 Å². The first-order valence-corrected chi connectivity index (χ1v) is 12.1. The second-order valence-electron chi connectivity index (χ2n) is 9.37. The van der Waals surface area contributed by atoms with Gasteiger partial charge in [0, 0.05) is 0 Å². The smallest absolute Gasteiger partial charge is 0.312 e. The van der Waals surface area contributed by atoms with Crippen LogP contribution >= 0.6 is 0 Å². The van der Waals surface area contributed by atoms with Gasteiger partial charge in [0.15, 0.2) is 5.75 Å². The molecule has 3 rings (SSSR count). The van der Waals surface area contributed by atoms with Crippen LogP contribution in [0.25, 0.3) is 0 Å². The maximum atomic E-state index is 13.1. The topological polar surface area (TPSA) is 149 Å². The van der Waals surface area contributed by atoms with Crippen molar-refractivity contribution in [3.05, 3.63) is 23.8 Å². The van der Waals surface area contributed by atoms with Crippen LogP contribution in [0.4, 0.5) is 5.69 Å². The minimum atomic E-state index is -1.02. The second kappa shape index (κ2) is 12.2. The number of phenols is 1. The molecule has 2 saturated heterocycles. The first-order chi connectivity index (χ1) is 17.2. The van der Waals surface area contributed by atoms with E-state index in [1.54, 1.807) is 13.8 Å². The molecule has 11 heteroatoms. The number of aromatic hydroxyl groups is 1. The number of unbranched alkanes of at least 4 members (excludes halogenated alkanes) is 1. The molecular formula is C25H34N2O9. The maximum absolute atomic E-state index is 13.1. The Bertz CT molecular complexity index is 961. The third-order valence-corrected chi connectivity index (χ3v) is 6.41. The molecule has 2 fully saturated rings. The van der Waals surface area contributed by atoms with E-state index < -0.39 is 47.3 Å². The lowest BCUT2D eigenvalue weighted by molar-refractivity contribution is -0.236. The summed E-state index contributed by atoms with van der Waals surface area (Å²) in [4.78, 5) is 49.3. The van der Waals surface area contributed by atoms with Crippen LogP contribution < -0.4 is 10.6 Å². The summed E-state index contributed by atoms with van der Waals surface area (Å²) in [6.07, 6.45) is 1.57. The van der Waals surface area contributed by atoms with Gasteiger partial charge in [0.2, 0.25) is 6.41 Å². The molecule has 3 unspecified atom stereocenters. The lowest BCUT2D eigenvalue weighted by Crippen LogP contribution is -2.67. The summed E-state index contributed by atoms with van der Waals surface area (Å²) in [6, 6.07) is 3.54. The summed E-state index contributed by atoms with van der Waals surface area (Å²) in [5, 5.41) is 15.5. The lowest BCUT2D eigenvalue weighted by atomic mass is 9.91. The summed E-state index contributed by atoms with van der Waals surface area (Å²) in [6.45, 7) is 5.39. The van der Waals surface area contributed by atoms with E-state index in [4.69, 9.17) is 18.9 Å². The van der Waals surface area contributed by atoms with Crippen molar-refractivity contribution < 1.29 is 43.2 Å². The number of carbonyl (C=O) groups excluding carboxylic acids is 4. The summed E-state index contributed by atoms with van der Waals surface area (Å²) in [5.41, 5.74) is -1.02. The number of anilines is 1. The van der Waals surface area contributed by atoms with Gasteiger partial charge < -0.3 is 34.7 Å². The number of carbonyl (C=O) groups is 4. The van der Waals surface area contributed by atoms with Crippen molar-refractivity contribution in [2.45, 2.75) is 57.8 Å². The molecule has 2 amide bonds. The monoisotopic (exact) mass is 506 g/mol. The fraction of sp³-hybridized carbons (Fsp3) is 0.600. The molecule has 0 aromatic heterocycles. The summed E-state index contributed by atoms with van der Waals surface area (Å²) in [7, 11) is 0. The van der Waals surface area contributed by atoms with E-state index in [9.17, 15) is 24.3 Å². The van der Waals surface area contributed by atoms with Crippen molar-refractivity contribution >= 4 is 29.9 Å². The van der Waals surface area contributed by atoms with Crippen molar-refractivity contribution in [3.8, 4) is 5.75 Å². The molecule has 0 bridgehead atoms. The SMILES string of the molecule is CCCCC1C(=O)OCC(NC(=O)c2cccc(NC=O)c2O)C2(COC2)OCC1OC(=O)C(C)C. The van der Waals surface area contributed by atoms with Gasteiger partial charge in [-0.1, -0.05) is 39.7 Å². The molecular weight excluding hydrogens is 472 g/mol. The Balaban J connectivity index is 1.85. The number of amides is 2. The van der Waals surface area contributed by atoms with Gasteiger partial charge in [-0.05, 0) is 18.6 Å². The van der Waals surface area contributed by atoms with Crippen molar-refractivity contribution in [3.63, 3.8) is 0 Å². The Labute approximate surface area is 209 Å². The third kappa shape index (κ3) is 6.14. The molecule has 1 spiro atoms. The molecule has 2 aliphatic rings. The predicted octanol–water partition coefficient (Wildman–Crippen LogP) is 1.78. The normalized spacial score (nSPS) is 23.4. The average Bonchev–Trinajstić information content (AvgIpc) is 2.87. The number of benzene rings is 1. The molecule has 0 aliphatic carbocycles. The zero-order valence-electron chi connectivity index (χ0n) is 20.8. The van der Waals surface area contributed by atoms with Crippen LogP contribution in [0.1, 0.15) is 50.4 Å². The first kappa shape index (κ1) is 27.4. The van der Waals surface area contributed by atoms with E-state index in [0.29, 0.717) is 12.8 Å². The highest BCUT2D eigenvalue weighted by molar-refractivity contribution is 5.99. The Morgan fingerprint density at radius 3 is 2.64 bits per heavy atom. The quantitative estimate of drug-likeness (QED) is 0.259. The van der Waals surface area contributed by atoms with E-state index in [1.807, 2.05) is 6.92 Å². The van der Waals surface area contributed by atoms with Gasteiger partial charge in [0.05, 0.1) is 48.9 Å². The fourth-order valence-electron chi connectivity index (χ4n) is 4.07. The number of rotatable bonds is 9. The van der Waals surface area contributed by atoms with Crippen LogP contribution in [0, 0.1) is 11.8 Å². The van der Waals surface area contributed by atoms with Crippen molar-refractivity contribution in [2.24, 2.45) is 11.8 Å². The Morgan fingerprint density at radius 2 is 2.03 bits per heavy atom. The Kier molecular flexibility index (Phi) is 9.27. The van der Waals surface area contributed by atoms with E-state index in [0.717, 1.165) is 12.8 Å². The lowest BCUT2D eigenvalue weighted by Gasteiger charge is -2.46. The largest absolute Gasteiger partial charge is 0.505 e. The molecule has 1 aromatic carbocycles. The number of phenolic OH excluding ortho intramolecular Hbond substituents is 1. The molecule has 2 aliphatic heterocycles. The highest BCUT2D eigenvalue weighted by Crippen LogP contribution is 2.32. The second-order valence-corrected chi connectivity index (χ2v) is 9.37.